The van der Waals surface area contributed by atoms with E-state index in [0.29, 0.717) is 26.2 Å². The molecule has 0 N–H and O–H groups in total. The predicted molar refractivity (Wildman–Crippen MR) is 159 cm³/mol. The Balaban J connectivity index is 1.21. The first kappa shape index (κ1) is 27.8. The van der Waals surface area contributed by atoms with Gasteiger partial charge in [0.25, 0.3) is 0 Å². The molecule has 0 saturated heterocycles. The van der Waals surface area contributed by atoms with E-state index < -0.39 is 6.10 Å². The van der Waals surface area contributed by atoms with Gasteiger partial charge in [0.15, 0.2) is 6.10 Å². The molecule has 1 aliphatic carbocycles. The Morgan fingerprint density at radius 1 is 0.675 bits per heavy atom. The van der Waals surface area contributed by atoms with E-state index in [4.69, 9.17) is 14.2 Å². The van der Waals surface area contributed by atoms with Crippen molar-refractivity contribution < 1.29 is 19.0 Å². The minimum absolute atomic E-state index is 0.0508. The molecule has 0 radical (unpaired) electrons. The fraction of sp³-hybridized carbons (Fsp3) is 0.306. The van der Waals surface area contributed by atoms with Gasteiger partial charge in [-0.3, -0.25) is 0 Å². The summed E-state index contributed by atoms with van der Waals surface area (Å²) in [5.41, 5.74) is 10.0. The molecule has 0 saturated carbocycles. The van der Waals surface area contributed by atoms with Crippen molar-refractivity contribution in [3.8, 4) is 11.1 Å². The Morgan fingerprint density at radius 2 is 1.32 bits per heavy atom. The monoisotopic (exact) mass is 534 g/mol. The minimum atomic E-state index is -0.569. The lowest BCUT2D eigenvalue weighted by atomic mass is 9.98. The first-order chi connectivity index (χ1) is 19.7. The zero-order valence-corrected chi connectivity index (χ0v) is 23.5. The van der Waals surface area contributed by atoms with Crippen molar-refractivity contribution in [2.75, 3.05) is 19.8 Å². The maximum absolute atomic E-state index is 12.2. The van der Waals surface area contributed by atoms with E-state index in [1.165, 1.54) is 38.9 Å². The summed E-state index contributed by atoms with van der Waals surface area (Å²) in [4.78, 5) is 12.2. The van der Waals surface area contributed by atoms with Crippen LogP contribution in [0.3, 0.4) is 0 Å². The average molecular weight is 535 g/mol. The summed E-state index contributed by atoms with van der Waals surface area (Å²) in [5.74, 6) is -0.303. The number of esters is 1. The highest BCUT2D eigenvalue weighted by atomic mass is 16.6. The fourth-order valence-corrected chi connectivity index (χ4v) is 5.47. The van der Waals surface area contributed by atoms with Crippen molar-refractivity contribution in [2.24, 2.45) is 0 Å². The highest BCUT2D eigenvalue weighted by Crippen LogP contribution is 2.45. The van der Waals surface area contributed by atoms with Gasteiger partial charge in [-0.15, -0.1) is 0 Å². The molecular weight excluding hydrogens is 496 g/mol. The molecule has 0 aliphatic heterocycles. The quantitative estimate of drug-likeness (QED) is 0.169. The largest absolute Gasteiger partial charge is 0.464 e. The molecule has 5 rings (SSSR count). The van der Waals surface area contributed by atoms with Crippen LogP contribution in [0.25, 0.3) is 11.1 Å². The molecule has 4 nitrogen and oxygen atoms in total. The zero-order valence-electron chi connectivity index (χ0n) is 23.5. The molecule has 206 valence electrons. The maximum atomic E-state index is 12.2. The van der Waals surface area contributed by atoms with E-state index in [-0.39, 0.29) is 12.1 Å². The maximum Gasteiger partial charge on any atom is 0.335 e. The molecule has 0 amide bonds. The summed E-state index contributed by atoms with van der Waals surface area (Å²) in [6.07, 6.45) is 2.76. The van der Waals surface area contributed by atoms with Crippen LogP contribution < -0.4 is 0 Å². The summed E-state index contributed by atoms with van der Waals surface area (Å²) >= 11 is 0. The first-order valence-corrected chi connectivity index (χ1v) is 14.4. The second-order valence-electron chi connectivity index (χ2n) is 10.2. The van der Waals surface area contributed by atoms with Crippen molar-refractivity contribution >= 4 is 5.97 Å². The van der Waals surface area contributed by atoms with Crippen molar-refractivity contribution in [1.29, 1.82) is 0 Å². The third-order valence-corrected chi connectivity index (χ3v) is 7.52. The van der Waals surface area contributed by atoms with Gasteiger partial charge in [0.1, 0.15) is 6.10 Å². The van der Waals surface area contributed by atoms with Gasteiger partial charge in [-0.2, -0.15) is 0 Å². The van der Waals surface area contributed by atoms with Gasteiger partial charge in [-0.25, -0.2) is 4.79 Å². The van der Waals surface area contributed by atoms with Gasteiger partial charge in [0.2, 0.25) is 0 Å². The molecule has 1 aliphatic rings. The standard InChI is InChI=1S/C36H38O4/c1-3-38-34(36(37)39-4-2)25-29-18-15-27(16-19-29)22-23-40-35-31-13-9-8-12-30(31)33-24-28(20-21-32(33)35)17-14-26-10-6-5-7-11-26/h5-13,15-16,18-21,24,34-35H,3-4,14,17,22-23,25H2,1-2H3. The molecule has 2 unspecified atom stereocenters. The van der Waals surface area contributed by atoms with Crippen LogP contribution in [0.15, 0.2) is 97.1 Å². The minimum Gasteiger partial charge on any atom is -0.464 e. The molecule has 4 heteroatoms. The number of rotatable bonds is 13. The van der Waals surface area contributed by atoms with Crippen LogP contribution in [0.4, 0.5) is 0 Å². The van der Waals surface area contributed by atoms with Crippen LogP contribution in [-0.4, -0.2) is 31.9 Å². The van der Waals surface area contributed by atoms with Crippen molar-refractivity contribution in [2.45, 2.75) is 51.7 Å². The molecule has 2 atom stereocenters. The summed E-state index contributed by atoms with van der Waals surface area (Å²) in [7, 11) is 0. The fourth-order valence-electron chi connectivity index (χ4n) is 5.47. The topological polar surface area (TPSA) is 44.8 Å². The SMILES string of the molecule is CCOC(=O)C(Cc1ccc(CCOC2c3ccccc3-c3cc(CCc4ccccc4)ccc32)cc1)OCC. The highest BCUT2D eigenvalue weighted by Gasteiger charge is 2.29. The molecule has 0 aromatic heterocycles. The lowest BCUT2D eigenvalue weighted by Gasteiger charge is -2.16. The number of aryl methyl sites for hydroxylation is 2. The normalized spacial score (nSPS) is 14.4. The van der Waals surface area contributed by atoms with Crippen LogP contribution in [0.1, 0.15) is 53.3 Å². The number of carbonyl (C=O) groups is 1. The number of carbonyl (C=O) groups excluding carboxylic acids is 1. The summed E-state index contributed by atoms with van der Waals surface area (Å²) in [5, 5.41) is 0. The first-order valence-electron chi connectivity index (χ1n) is 14.4. The van der Waals surface area contributed by atoms with Crippen molar-refractivity contribution in [3.63, 3.8) is 0 Å². The van der Waals surface area contributed by atoms with E-state index in [1.807, 2.05) is 13.8 Å². The highest BCUT2D eigenvalue weighted by molar-refractivity contribution is 5.78. The Morgan fingerprint density at radius 3 is 2.10 bits per heavy atom. The van der Waals surface area contributed by atoms with Gasteiger partial charge in [0.05, 0.1) is 13.2 Å². The lowest BCUT2D eigenvalue weighted by Crippen LogP contribution is -2.29. The van der Waals surface area contributed by atoms with Crippen LogP contribution in [0, 0.1) is 0 Å². The van der Waals surface area contributed by atoms with Gasteiger partial charge in [0, 0.05) is 13.0 Å². The third-order valence-electron chi connectivity index (χ3n) is 7.52. The molecule has 4 aromatic rings. The number of hydrogen-bond acceptors (Lipinski definition) is 4. The van der Waals surface area contributed by atoms with Gasteiger partial charge >= 0.3 is 5.97 Å². The Hall–Kier alpha value is -3.73. The van der Waals surface area contributed by atoms with Gasteiger partial charge in [-0.05, 0) is 77.6 Å². The van der Waals surface area contributed by atoms with E-state index >= 15 is 0 Å². The molecular formula is C36H38O4. The summed E-state index contributed by atoms with van der Waals surface area (Å²) in [6, 6.07) is 34.5. The third kappa shape index (κ3) is 6.70. The molecule has 0 spiro atoms. The van der Waals surface area contributed by atoms with Crippen LogP contribution in [-0.2, 0) is 44.7 Å². The second kappa shape index (κ2) is 13.6. The Bertz CT molecular complexity index is 1390. The summed E-state index contributed by atoms with van der Waals surface area (Å²) < 4.78 is 17.3. The van der Waals surface area contributed by atoms with E-state index in [9.17, 15) is 4.79 Å². The Labute approximate surface area is 237 Å². The average Bonchev–Trinajstić information content (AvgIpc) is 3.30. The second-order valence-corrected chi connectivity index (χ2v) is 10.2. The number of fused-ring (bicyclic) bond motifs is 3. The van der Waals surface area contributed by atoms with E-state index in [2.05, 4.69) is 97.1 Å². The zero-order chi connectivity index (χ0) is 27.7. The van der Waals surface area contributed by atoms with E-state index in [1.54, 1.807) is 0 Å². The van der Waals surface area contributed by atoms with Gasteiger partial charge in [-0.1, -0.05) is 97.1 Å². The molecule has 0 bridgehead atoms. The van der Waals surface area contributed by atoms with Gasteiger partial charge < -0.3 is 14.2 Å². The van der Waals surface area contributed by atoms with Crippen LogP contribution >= 0.6 is 0 Å². The molecule has 0 fully saturated rings. The number of ether oxygens (including phenoxy) is 3. The molecule has 4 aromatic carbocycles. The smallest absolute Gasteiger partial charge is 0.335 e. The number of hydrogen-bond donors (Lipinski definition) is 0. The van der Waals surface area contributed by atoms with E-state index in [0.717, 1.165) is 24.8 Å². The lowest BCUT2D eigenvalue weighted by molar-refractivity contribution is -0.156. The van der Waals surface area contributed by atoms with Crippen LogP contribution in [0.2, 0.25) is 0 Å². The van der Waals surface area contributed by atoms with Crippen LogP contribution in [0.5, 0.6) is 0 Å². The summed E-state index contributed by atoms with van der Waals surface area (Å²) in [6.45, 7) is 5.15. The molecule has 0 heterocycles. The number of benzene rings is 4. The Kier molecular flexibility index (Phi) is 9.43. The predicted octanol–water partition coefficient (Wildman–Crippen LogP) is 7.31. The van der Waals surface area contributed by atoms with Crippen molar-refractivity contribution in [1.82, 2.24) is 0 Å². The van der Waals surface area contributed by atoms with Crippen molar-refractivity contribution in [3.05, 3.63) is 130 Å². The molecule has 40 heavy (non-hydrogen) atoms.